The lowest BCUT2D eigenvalue weighted by Gasteiger charge is -2.25. The van der Waals surface area contributed by atoms with E-state index in [1.807, 2.05) is 6.07 Å². The van der Waals surface area contributed by atoms with Gasteiger partial charge in [-0.1, -0.05) is 23.7 Å². The third kappa shape index (κ3) is 6.34. The molecule has 0 spiro atoms. The summed E-state index contributed by atoms with van der Waals surface area (Å²) in [5.74, 6) is -0.513. The minimum Gasteiger partial charge on any atom is -0.427 e. The molecule has 0 aliphatic rings. The smallest absolute Gasteiger partial charge is 0.347 e. The average molecular weight is 522 g/mol. The summed E-state index contributed by atoms with van der Waals surface area (Å²) in [6, 6.07) is 12.1. The van der Waals surface area contributed by atoms with Gasteiger partial charge in [0.1, 0.15) is 5.75 Å². The van der Waals surface area contributed by atoms with Crippen molar-refractivity contribution in [1.82, 2.24) is 5.32 Å². The Hall–Kier alpha value is -2.48. The zero-order valence-electron chi connectivity index (χ0n) is 18.9. The van der Waals surface area contributed by atoms with Crippen molar-refractivity contribution in [2.24, 2.45) is 0 Å². The molecule has 1 amide bonds. The number of ether oxygens (including phenoxy) is 1. The first-order valence-corrected chi connectivity index (χ1v) is 13.4. The second-order valence-electron chi connectivity index (χ2n) is 7.11. The molecule has 1 N–H and O–H groups in total. The zero-order chi connectivity index (χ0) is 24.7. The summed E-state index contributed by atoms with van der Waals surface area (Å²) in [6.07, 6.45) is 3.13. The summed E-state index contributed by atoms with van der Waals surface area (Å²) in [6.45, 7) is 4.96. The second kappa shape index (κ2) is 11.8. The SMILES string of the molecule is CCOP(=O)(OCC)C(C(=O)N/C=C/c1ccc(OC(C)=O)cc1)c1csc2ccc(Cl)cc12. The van der Waals surface area contributed by atoms with E-state index in [4.69, 9.17) is 25.4 Å². The maximum Gasteiger partial charge on any atom is 0.347 e. The van der Waals surface area contributed by atoms with Crippen molar-refractivity contribution < 1.29 is 27.9 Å². The second-order valence-corrected chi connectivity index (χ2v) is 10.6. The van der Waals surface area contributed by atoms with E-state index in [-0.39, 0.29) is 13.2 Å². The normalized spacial score (nSPS) is 12.7. The molecule has 3 aromatic rings. The third-order valence-corrected chi connectivity index (χ3v) is 8.28. The summed E-state index contributed by atoms with van der Waals surface area (Å²) in [5, 5.41) is 5.72. The van der Waals surface area contributed by atoms with Crippen molar-refractivity contribution in [3.05, 3.63) is 70.2 Å². The van der Waals surface area contributed by atoms with Gasteiger partial charge >= 0.3 is 13.6 Å². The molecule has 0 bridgehead atoms. The number of amides is 1. The van der Waals surface area contributed by atoms with Crippen molar-refractivity contribution in [2.75, 3.05) is 13.2 Å². The highest BCUT2D eigenvalue weighted by Gasteiger charge is 2.43. The number of hydrogen-bond donors (Lipinski definition) is 1. The fourth-order valence-corrected chi connectivity index (χ4v) is 6.59. The Bertz CT molecular complexity index is 1230. The minimum absolute atomic E-state index is 0.119. The molecule has 1 aromatic heterocycles. The number of carbonyl (C=O) groups is 2. The number of benzene rings is 2. The van der Waals surface area contributed by atoms with Gasteiger partial charge in [-0.15, -0.1) is 11.3 Å². The van der Waals surface area contributed by atoms with Crippen molar-refractivity contribution in [3.63, 3.8) is 0 Å². The van der Waals surface area contributed by atoms with Gasteiger partial charge in [0.15, 0.2) is 5.66 Å². The maximum atomic E-state index is 13.7. The first-order chi connectivity index (χ1) is 16.3. The van der Waals surface area contributed by atoms with E-state index in [9.17, 15) is 14.2 Å². The quantitative estimate of drug-likeness (QED) is 0.184. The van der Waals surface area contributed by atoms with E-state index in [0.717, 1.165) is 15.6 Å². The average Bonchev–Trinajstić information content (AvgIpc) is 3.17. The van der Waals surface area contributed by atoms with Gasteiger partial charge in [-0.2, -0.15) is 0 Å². The number of fused-ring (bicyclic) bond motifs is 1. The lowest BCUT2D eigenvalue weighted by Crippen LogP contribution is -2.26. The highest BCUT2D eigenvalue weighted by molar-refractivity contribution is 7.55. The minimum atomic E-state index is -3.86. The van der Waals surface area contributed by atoms with Crippen LogP contribution in [-0.4, -0.2) is 25.1 Å². The van der Waals surface area contributed by atoms with Crippen LogP contribution in [0.25, 0.3) is 16.2 Å². The van der Waals surface area contributed by atoms with Gasteiger partial charge in [0.25, 0.3) is 0 Å². The first kappa shape index (κ1) is 26.1. The largest absolute Gasteiger partial charge is 0.427 e. The van der Waals surface area contributed by atoms with E-state index in [0.29, 0.717) is 16.3 Å². The summed E-state index contributed by atoms with van der Waals surface area (Å²) >= 11 is 7.61. The van der Waals surface area contributed by atoms with Gasteiger partial charge in [0.05, 0.1) is 13.2 Å². The summed E-state index contributed by atoms with van der Waals surface area (Å²) in [7, 11) is -3.86. The number of hydrogen-bond acceptors (Lipinski definition) is 7. The fourth-order valence-electron chi connectivity index (χ4n) is 3.35. The van der Waals surface area contributed by atoms with Crippen LogP contribution >= 0.6 is 30.5 Å². The molecule has 0 radical (unpaired) electrons. The van der Waals surface area contributed by atoms with Gasteiger partial charge in [-0.25, -0.2) is 0 Å². The van der Waals surface area contributed by atoms with Crippen molar-refractivity contribution in [1.29, 1.82) is 0 Å². The van der Waals surface area contributed by atoms with E-state index in [1.165, 1.54) is 24.5 Å². The van der Waals surface area contributed by atoms with Crippen molar-refractivity contribution in [2.45, 2.75) is 26.4 Å². The molecule has 3 rings (SSSR count). The maximum absolute atomic E-state index is 13.7. The Balaban J connectivity index is 1.90. The Morgan fingerprint density at radius 3 is 2.41 bits per heavy atom. The highest BCUT2D eigenvalue weighted by Crippen LogP contribution is 2.62. The molecule has 2 aromatic carbocycles. The van der Waals surface area contributed by atoms with Crippen LogP contribution in [0, 0.1) is 0 Å². The number of rotatable bonds is 10. The van der Waals surface area contributed by atoms with Crippen LogP contribution in [0.4, 0.5) is 0 Å². The molecular weight excluding hydrogens is 497 g/mol. The molecule has 10 heteroatoms. The van der Waals surface area contributed by atoms with Crippen LogP contribution in [0.1, 0.15) is 37.6 Å². The highest BCUT2D eigenvalue weighted by atomic mass is 35.5. The lowest BCUT2D eigenvalue weighted by molar-refractivity contribution is -0.131. The van der Waals surface area contributed by atoms with Crippen LogP contribution in [0.5, 0.6) is 5.75 Å². The van der Waals surface area contributed by atoms with E-state index < -0.39 is 25.1 Å². The van der Waals surface area contributed by atoms with E-state index in [2.05, 4.69) is 5.32 Å². The lowest BCUT2D eigenvalue weighted by atomic mass is 10.1. The van der Waals surface area contributed by atoms with Gasteiger partial charge in [-0.3, -0.25) is 14.2 Å². The third-order valence-electron chi connectivity index (χ3n) is 4.69. The number of esters is 1. The molecule has 0 saturated carbocycles. The Kier molecular flexibility index (Phi) is 9.05. The van der Waals surface area contributed by atoms with E-state index in [1.54, 1.807) is 61.7 Å². The van der Waals surface area contributed by atoms with Gasteiger partial charge < -0.3 is 19.1 Å². The van der Waals surface area contributed by atoms with Crippen molar-refractivity contribution >= 4 is 58.6 Å². The molecule has 0 saturated heterocycles. The monoisotopic (exact) mass is 521 g/mol. The Morgan fingerprint density at radius 1 is 1.12 bits per heavy atom. The molecule has 7 nitrogen and oxygen atoms in total. The van der Waals surface area contributed by atoms with Crippen LogP contribution in [0.3, 0.4) is 0 Å². The van der Waals surface area contributed by atoms with Gasteiger partial charge in [0.2, 0.25) is 5.91 Å². The molecule has 34 heavy (non-hydrogen) atoms. The molecule has 1 atom stereocenters. The number of nitrogens with one attached hydrogen (secondary N) is 1. The molecule has 0 aliphatic heterocycles. The molecule has 0 aliphatic carbocycles. The van der Waals surface area contributed by atoms with Crippen LogP contribution in [0.15, 0.2) is 54.0 Å². The molecule has 1 heterocycles. The summed E-state index contributed by atoms with van der Waals surface area (Å²) in [5.41, 5.74) is 0.110. The topological polar surface area (TPSA) is 90.9 Å². The summed E-state index contributed by atoms with van der Waals surface area (Å²) < 4.78 is 30.7. The van der Waals surface area contributed by atoms with Gasteiger partial charge in [-0.05, 0) is 72.1 Å². The zero-order valence-corrected chi connectivity index (χ0v) is 21.4. The molecule has 0 fully saturated rings. The van der Waals surface area contributed by atoms with Crippen LogP contribution in [-0.2, 0) is 23.2 Å². The Labute approximate surface area is 207 Å². The predicted octanol–water partition coefficient (Wildman–Crippen LogP) is 6.57. The Morgan fingerprint density at radius 2 is 1.79 bits per heavy atom. The standard InChI is InChI=1S/C24H25ClNO6PS/c1-4-30-33(29,31-5-2)23(21-15-34-22-11-8-18(25)14-20(21)22)24(28)26-13-12-17-6-9-19(10-7-17)32-16(3)27/h6-15,23H,4-5H2,1-3H3,(H,26,28)/b13-12+. The van der Waals surface area contributed by atoms with Gasteiger partial charge in [0, 0.05) is 22.8 Å². The summed E-state index contributed by atoms with van der Waals surface area (Å²) in [4.78, 5) is 24.4. The fraction of sp³-hybridized carbons (Fsp3) is 0.250. The van der Waals surface area contributed by atoms with Crippen LogP contribution < -0.4 is 10.1 Å². The predicted molar refractivity (Wildman–Crippen MR) is 135 cm³/mol. The number of thiophene rings is 1. The molecule has 1 unspecified atom stereocenters. The molecule has 180 valence electrons. The number of halogens is 1. The van der Waals surface area contributed by atoms with Crippen molar-refractivity contribution in [3.8, 4) is 5.75 Å². The number of carbonyl (C=O) groups excluding carboxylic acids is 2. The van der Waals surface area contributed by atoms with E-state index >= 15 is 0 Å². The molecular formula is C24H25ClNO6PS. The van der Waals surface area contributed by atoms with Crippen LogP contribution in [0.2, 0.25) is 5.02 Å². The first-order valence-electron chi connectivity index (χ1n) is 10.6.